The number of aliphatic carboxylic acids is 1. The van der Waals surface area contributed by atoms with Gasteiger partial charge in [0.1, 0.15) is 11.8 Å². The molecule has 0 saturated heterocycles. The highest BCUT2D eigenvalue weighted by Gasteiger charge is 2.18. The molecule has 0 heterocycles. The second-order valence-electron chi connectivity index (χ2n) is 4.00. The Kier molecular flexibility index (Phi) is 6.83. The van der Waals surface area contributed by atoms with Crippen LogP contribution < -0.4 is 10.1 Å². The summed E-state index contributed by atoms with van der Waals surface area (Å²) in [6, 6.07) is 5.76. The van der Waals surface area contributed by atoms with Crippen molar-refractivity contribution in [1.82, 2.24) is 5.32 Å². The molecular weight excluding hydrogens is 286 g/mol. The molecule has 3 N–H and O–H groups in total. The lowest BCUT2D eigenvalue weighted by molar-refractivity contribution is -0.142. The maximum absolute atomic E-state index is 11.5. The molecule has 0 fully saturated rings. The summed E-state index contributed by atoms with van der Waals surface area (Å²) in [6.45, 7) is -0.228. The van der Waals surface area contributed by atoms with E-state index in [9.17, 15) is 9.59 Å². The number of amides is 1. The van der Waals surface area contributed by atoms with Gasteiger partial charge in [0, 0.05) is 13.0 Å². The van der Waals surface area contributed by atoms with Crippen LogP contribution in [0.2, 0.25) is 5.02 Å². The normalized spacial score (nSPS) is 11.7. The van der Waals surface area contributed by atoms with Crippen LogP contribution >= 0.6 is 11.6 Å². The van der Waals surface area contributed by atoms with Crippen molar-refractivity contribution in [3.63, 3.8) is 0 Å². The zero-order valence-electron chi connectivity index (χ0n) is 10.7. The SMILES string of the molecule is O=C(CCOc1ccccc1Cl)N[C@@H](CCO)C(=O)O. The van der Waals surface area contributed by atoms with Crippen molar-refractivity contribution in [1.29, 1.82) is 0 Å². The highest BCUT2D eigenvalue weighted by molar-refractivity contribution is 6.32. The molecule has 0 saturated carbocycles. The lowest BCUT2D eigenvalue weighted by atomic mass is 10.2. The number of ether oxygens (including phenoxy) is 1. The smallest absolute Gasteiger partial charge is 0.326 e. The number of carbonyl (C=O) groups excluding carboxylic acids is 1. The summed E-state index contributed by atoms with van der Waals surface area (Å²) in [4.78, 5) is 22.3. The van der Waals surface area contributed by atoms with E-state index in [1.165, 1.54) is 0 Å². The Morgan fingerprint density at radius 3 is 2.65 bits per heavy atom. The number of para-hydroxylation sites is 1. The number of aliphatic hydroxyl groups excluding tert-OH is 1. The zero-order valence-corrected chi connectivity index (χ0v) is 11.5. The zero-order chi connectivity index (χ0) is 15.0. The van der Waals surface area contributed by atoms with Gasteiger partial charge in [-0.05, 0) is 12.1 Å². The molecule has 20 heavy (non-hydrogen) atoms. The average molecular weight is 302 g/mol. The molecule has 1 aromatic carbocycles. The number of hydrogen-bond donors (Lipinski definition) is 3. The minimum atomic E-state index is -1.18. The van der Waals surface area contributed by atoms with Crippen molar-refractivity contribution in [2.75, 3.05) is 13.2 Å². The van der Waals surface area contributed by atoms with Gasteiger partial charge in [0.05, 0.1) is 18.1 Å². The van der Waals surface area contributed by atoms with Gasteiger partial charge in [-0.1, -0.05) is 23.7 Å². The topological polar surface area (TPSA) is 95.9 Å². The van der Waals surface area contributed by atoms with Gasteiger partial charge in [-0.3, -0.25) is 4.79 Å². The summed E-state index contributed by atoms with van der Waals surface area (Å²) in [5.41, 5.74) is 0. The molecule has 110 valence electrons. The summed E-state index contributed by atoms with van der Waals surface area (Å²) in [7, 11) is 0. The molecule has 0 bridgehead atoms. The third-order valence-corrected chi connectivity index (χ3v) is 2.79. The van der Waals surface area contributed by atoms with E-state index in [0.29, 0.717) is 10.8 Å². The van der Waals surface area contributed by atoms with E-state index >= 15 is 0 Å². The Balaban J connectivity index is 2.36. The summed E-state index contributed by atoms with van der Waals surface area (Å²) in [6.07, 6.45) is -0.0348. The predicted octanol–water partition coefficient (Wildman–Crippen LogP) is 1.06. The standard InChI is InChI=1S/C13H16ClNO5/c14-9-3-1-2-4-11(9)20-8-6-12(17)15-10(5-7-16)13(18)19/h1-4,10,16H,5-8H2,(H,15,17)(H,18,19)/t10-/m0/s1. The Bertz CT molecular complexity index is 466. The summed E-state index contributed by atoms with van der Waals surface area (Å²) in [5.74, 6) is -1.18. The molecule has 0 aliphatic rings. The van der Waals surface area contributed by atoms with Crippen molar-refractivity contribution in [2.45, 2.75) is 18.9 Å². The fourth-order valence-electron chi connectivity index (χ4n) is 1.47. The molecular formula is C13H16ClNO5. The first-order chi connectivity index (χ1) is 9.54. The van der Waals surface area contributed by atoms with Crippen molar-refractivity contribution in [3.8, 4) is 5.75 Å². The van der Waals surface area contributed by atoms with E-state index in [2.05, 4.69) is 5.32 Å². The number of benzene rings is 1. The number of hydrogen-bond acceptors (Lipinski definition) is 4. The van der Waals surface area contributed by atoms with Crippen molar-refractivity contribution in [2.24, 2.45) is 0 Å². The predicted molar refractivity (Wildman–Crippen MR) is 72.8 cm³/mol. The van der Waals surface area contributed by atoms with E-state index in [0.717, 1.165) is 0 Å². The second kappa shape index (κ2) is 8.39. The quantitative estimate of drug-likeness (QED) is 0.667. The third kappa shape index (κ3) is 5.46. The first kappa shape index (κ1) is 16.3. The summed E-state index contributed by atoms with van der Waals surface area (Å²) >= 11 is 5.88. The second-order valence-corrected chi connectivity index (χ2v) is 4.41. The molecule has 7 heteroatoms. The van der Waals surface area contributed by atoms with Gasteiger partial charge in [0.25, 0.3) is 0 Å². The van der Waals surface area contributed by atoms with Gasteiger partial charge in [-0.2, -0.15) is 0 Å². The number of carbonyl (C=O) groups is 2. The van der Waals surface area contributed by atoms with Crippen LogP contribution in [-0.2, 0) is 9.59 Å². The van der Waals surface area contributed by atoms with Gasteiger partial charge in [0.2, 0.25) is 5.91 Å². The van der Waals surface area contributed by atoms with Crippen LogP contribution in [0.5, 0.6) is 5.75 Å². The van der Waals surface area contributed by atoms with Crippen LogP contribution in [0.15, 0.2) is 24.3 Å². The first-order valence-corrected chi connectivity index (χ1v) is 6.42. The van der Waals surface area contributed by atoms with Gasteiger partial charge in [-0.25, -0.2) is 4.79 Å². The Morgan fingerprint density at radius 2 is 2.05 bits per heavy atom. The lowest BCUT2D eigenvalue weighted by Gasteiger charge is -2.13. The Hall–Kier alpha value is -1.79. The van der Waals surface area contributed by atoms with Gasteiger partial charge in [-0.15, -0.1) is 0 Å². The molecule has 0 aliphatic carbocycles. The van der Waals surface area contributed by atoms with Crippen LogP contribution in [-0.4, -0.2) is 41.3 Å². The van der Waals surface area contributed by atoms with Crippen molar-refractivity contribution in [3.05, 3.63) is 29.3 Å². The number of halogens is 1. The molecule has 0 radical (unpaired) electrons. The van der Waals surface area contributed by atoms with E-state index in [1.54, 1.807) is 24.3 Å². The third-order valence-electron chi connectivity index (χ3n) is 2.47. The summed E-state index contributed by atoms with van der Waals surface area (Å²) in [5, 5.41) is 20.3. The minimum Gasteiger partial charge on any atom is -0.491 e. The first-order valence-electron chi connectivity index (χ1n) is 6.05. The molecule has 0 aromatic heterocycles. The van der Waals surface area contributed by atoms with Crippen LogP contribution in [0.25, 0.3) is 0 Å². The lowest BCUT2D eigenvalue weighted by Crippen LogP contribution is -2.41. The molecule has 0 aliphatic heterocycles. The van der Waals surface area contributed by atoms with Crippen LogP contribution in [0.1, 0.15) is 12.8 Å². The van der Waals surface area contributed by atoms with Crippen molar-refractivity contribution >= 4 is 23.5 Å². The molecule has 1 atom stereocenters. The molecule has 6 nitrogen and oxygen atoms in total. The molecule has 1 rings (SSSR count). The number of rotatable bonds is 8. The molecule has 1 aromatic rings. The van der Waals surface area contributed by atoms with Crippen LogP contribution in [0.4, 0.5) is 0 Å². The number of carboxylic acid groups (broad SMARTS) is 1. The minimum absolute atomic E-state index is 0.000428. The molecule has 0 unspecified atom stereocenters. The van der Waals surface area contributed by atoms with Crippen LogP contribution in [0.3, 0.4) is 0 Å². The highest BCUT2D eigenvalue weighted by Crippen LogP contribution is 2.22. The fourth-order valence-corrected chi connectivity index (χ4v) is 1.66. The molecule has 1 amide bonds. The number of nitrogens with one attached hydrogen (secondary N) is 1. The number of carboxylic acids is 1. The van der Waals surface area contributed by atoms with Crippen LogP contribution in [0, 0.1) is 0 Å². The van der Waals surface area contributed by atoms with Gasteiger partial charge < -0.3 is 20.3 Å². The maximum atomic E-state index is 11.5. The Morgan fingerprint density at radius 1 is 1.35 bits per heavy atom. The van der Waals surface area contributed by atoms with E-state index in [1.807, 2.05) is 0 Å². The van der Waals surface area contributed by atoms with Gasteiger partial charge in [0.15, 0.2) is 0 Å². The molecule has 0 spiro atoms. The monoisotopic (exact) mass is 301 g/mol. The highest BCUT2D eigenvalue weighted by atomic mass is 35.5. The van der Waals surface area contributed by atoms with E-state index in [4.69, 9.17) is 26.6 Å². The fraction of sp³-hybridized carbons (Fsp3) is 0.385. The van der Waals surface area contributed by atoms with Gasteiger partial charge >= 0.3 is 5.97 Å². The maximum Gasteiger partial charge on any atom is 0.326 e. The summed E-state index contributed by atoms with van der Waals surface area (Å²) < 4.78 is 5.32. The van der Waals surface area contributed by atoms with Crippen molar-refractivity contribution < 1.29 is 24.5 Å². The average Bonchev–Trinajstić information content (AvgIpc) is 2.40. The van der Waals surface area contributed by atoms with E-state index < -0.39 is 17.9 Å². The number of aliphatic hydroxyl groups is 1. The largest absolute Gasteiger partial charge is 0.491 e. The Labute approximate surface area is 121 Å². The van der Waals surface area contributed by atoms with E-state index in [-0.39, 0.29) is 26.1 Å².